The van der Waals surface area contributed by atoms with Gasteiger partial charge in [0.25, 0.3) is 5.56 Å². The van der Waals surface area contributed by atoms with Crippen LogP contribution in [0.5, 0.6) is 0 Å². The molecule has 0 fully saturated rings. The number of hydrogen-bond acceptors (Lipinski definition) is 3. The lowest BCUT2D eigenvalue weighted by Gasteiger charge is -2.09. The van der Waals surface area contributed by atoms with Gasteiger partial charge in [0.2, 0.25) is 5.28 Å². The summed E-state index contributed by atoms with van der Waals surface area (Å²) in [6.07, 6.45) is 1.63. The van der Waals surface area contributed by atoms with Gasteiger partial charge in [0, 0.05) is 6.54 Å². The monoisotopic (exact) mass is 350 g/mol. The van der Waals surface area contributed by atoms with Crippen LogP contribution in [0.1, 0.15) is 11.1 Å². The first-order valence-electron chi connectivity index (χ1n) is 7.91. The van der Waals surface area contributed by atoms with Crippen LogP contribution < -0.4 is 5.56 Å². The van der Waals surface area contributed by atoms with Gasteiger partial charge in [-0.25, -0.2) is 4.98 Å². The Morgan fingerprint density at radius 2 is 1.48 bits per heavy atom. The minimum Gasteiger partial charge on any atom is -0.320 e. The van der Waals surface area contributed by atoms with Gasteiger partial charge in [0.05, 0.1) is 12.9 Å². The fourth-order valence-electron chi connectivity index (χ4n) is 2.83. The SMILES string of the molecule is O=c1c2c(ncn2Cc2ccccc2)nc(Cl)n1Cc1ccccc1. The summed E-state index contributed by atoms with van der Waals surface area (Å²) in [5.74, 6) is 0. The topological polar surface area (TPSA) is 52.7 Å². The van der Waals surface area contributed by atoms with Crippen molar-refractivity contribution >= 4 is 22.8 Å². The Morgan fingerprint density at radius 3 is 2.12 bits per heavy atom. The quantitative estimate of drug-likeness (QED) is 0.530. The van der Waals surface area contributed by atoms with Crippen molar-refractivity contribution in [3.63, 3.8) is 0 Å². The third-order valence-corrected chi connectivity index (χ3v) is 4.35. The molecule has 2 aromatic heterocycles. The number of imidazole rings is 1. The smallest absolute Gasteiger partial charge is 0.281 e. The van der Waals surface area contributed by atoms with Gasteiger partial charge in [-0.2, -0.15) is 4.98 Å². The number of halogens is 1. The van der Waals surface area contributed by atoms with Gasteiger partial charge >= 0.3 is 0 Å². The molecule has 5 nitrogen and oxygen atoms in total. The van der Waals surface area contributed by atoms with Gasteiger partial charge < -0.3 is 4.57 Å². The van der Waals surface area contributed by atoms with Gasteiger partial charge in [-0.3, -0.25) is 9.36 Å². The van der Waals surface area contributed by atoms with Crippen molar-refractivity contribution in [2.75, 3.05) is 0 Å². The fraction of sp³-hybridized carbons (Fsp3) is 0.105. The normalized spacial score (nSPS) is 11.1. The summed E-state index contributed by atoms with van der Waals surface area (Å²) in [6, 6.07) is 19.6. The molecule has 0 radical (unpaired) electrons. The summed E-state index contributed by atoms with van der Waals surface area (Å²) >= 11 is 6.23. The van der Waals surface area contributed by atoms with E-state index in [1.807, 2.05) is 65.2 Å². The lowest BCUT2D eigenvalue weighted by atomic mass is 10.2. The predicted octanol–water partition coefficient (Wildman–Crippen LogP) is 3.34. The molecule has 0 spiro atoms. The Balaban J connectivity index is 1.80. The maximum atomic E-state index is 13.0. The number of rotatable bonds is 4. The zero-order valence-corrected chi connectivity index (χ0v) is 14.1. The second-order valence-electron chi connectivity index (χ2n) is 5.79. The first-order valence-corrected chi connectivity index (χ1v) is 8.29. The van der Waals surface area contributed by atoms with Gasteiger partial charge in [-0.15, -0.1) is 0 Å². The Hall–Kier alpha value is -2.92. The van der Waals surface area contributed by atoms with Crippen LogP contribution >= 0.6 is 11.6 Å². The molecule has 0 amide bonds. The molecule has 0 aliphatic heterocycles. The van der Waals surface area contributed by atoms with E-state index in [1.165, 1.54) is 4.57 Å². The second-order valence-corrected chi connectivity index (χ2v) is 6.13. The largest absolute Gasteiger partial charge is 0.320 e. The van der Waals surface area contributed by atoms with Gasteiger partial charge in [-0.05, 0) is 22.7 Å². The molecular formula is C19H15ClN4O. The molecule has 0 bridgehead atoms. The predicted molar refractivity (Wildman–Crippen MR) is 97.9 cm³/mol. The van der Waals surface area contributed by atoms with Crippen LogP contribution in [-0.4, -0.2) is 19.1 Å². The lowest BCUT2D eigenvalue weighted by Crippen LogP contribution is -2.24. The maximum Gasteiger partial charge on any atom is 0.281 e. The van der Waals surface area contributed by atoms with Crippen LogP contribution in [0.3, 0.4) is 0 Å². The number of hydrogen-bond donors (Lipinski definition) is 0. The minimum atomic E-state index is -0.188. The molecular weight excluding hydrogens is 336 g/mol. The average molecular weight is 351 g/mol. The molecule has 0 unspecified atom stereocenters. The van der Waals surface area contributed by atoms with E-state index in [4.69, 9.17) is 11.6 Å². The standard InChI is InChI=1S/C19H15ClN4O/c20-19-22-17-16(18(25)24(19)12-15-9-5-2-6-10-15)23(13-21-17)11-14-7-3-1-4-8-14/h1-10,13H,11-12H2. The van der Waals surface area contributed by atoms with Gasteiger partial charge in [0.15, 0.2) is 11.2 Å². The summed E-state index contributed by atoms with van der Waals surface area (Å²) in [6.45, 7) is 0.930. The average Bonchev–Trinajstić information content (AvgIpc) is 3.03. The molecule has 2 heterocycles. The zero-order chi connectivity index (χ0) is 17.2. The van der Waals surface area contributed by atoms with Crippen molar-refractivity contribution in [3.8, 4) is 0 Å². The van der Waals surface area contributed by atoms with E-state index in [2.05, 4.69) is 9.97 Å². The Morgan fingerprint density at radius 1 is 0.880 bits per heavy atom. The molecule has 0 N–H and O–H groups in total. The van der Waals surface area contributed by atoms with Gasteiger partial charge in [-0.1, -0.05) is 60.7 Å². The van der Waals surface area contributed by atoms with Crippen molar-refractivity contribution in [3.05, 3.63) is 93.8 Å². The summed E-state index contributed by atoms with van der Waals surface area (Å²) in [7, 11) is 0. The maximum absolute atomic E-state index is 13.0. The number of benzene rings is 2. The van der Waals surface area contributed by atoms with E-state index < -0.39 is 0 Å². The Kier molecular flexibility index (Phi) is 4.07. The Bertz CT molecular complexity index is 1070. The molecule has 25 heavy (non-hydrogen) atoms. The third kappa shape index (κ3) is 3.06. The van der Waals surface area contributed by atoms with Crippen molar-refractivity contribution < 1.29 is 0 Å². The van der Waals surface area contributed by atoms with E-state index in [-0.39, 0.29) is 10.8 Å². The van der Waals surface area contributed by atoms with Crippen LogP contribution in [0.15, 0.2) is 71.8 Å². The molecule has 0 saturated carbocycles. The fourth-order valence-corrected chi connectivity index (χ4v) is 3.05. The van der Waals surface area contributed by atoms with Crippen molar-refractivity contribution in [1.29, 1.82) is 0 Å². The molecule has 0 atom stereocenters. The molecule has 6 heteroatoms. The summed E-state index contributed by atoms with van der Waals surface area (Å²) in [5, 5.41) is 0.145. The molecule has 0 aliphatic rings. The zero-order valence-electron chi connectivity index (χ0n) is 13.3. The molecule has 4 rings (SSSR count). The molecule has 0 aliphatic carbocycles. The van der Waals surface area contributed by atoms with E-state index in [9.17, 15) is 4.79 Å². The van der Waals surface area contributed by atoms with Crippen LogP contribution in [-0.2, 0) is 13.1 Å². The first-order chi connectivity index (χ1) is 12.2. The highest BCUT2D eigenvalue weighted by Gasteiger charge is 2.15. The number of fused-ring (bicyclic) bond motifs is 1. The van der Waals surface area contributed by atoms with Crippen LogP contribution in [0, 0.1) is 0 Å². The molecule has 2 aromatic carbocycles. The van der Waals surface area contributed by atoms with Crippen LogP contribution in [0.4, 0.5) is 0 Å². The highest BCUT2D eigenvalue weighted by Crippen LogP contribution is 2.14. The number of aromatic nitrogens is 4. The number of nitrogens with zero attached hydrogens (tertiary/aromatic N) is 4. The van der Waals surface area contributed by atoms with E-state index in [0.717, 1.165) is 11.1 Å². The Labute approximate surface area is 149 Å². The summed E-state index contributed by atoms with van der Waals surface area (Å²) < 4.78 is 3.29. The summed E-state index contributed by atoms with van der Waals surface area (Å²) in [4.78, 5) is 21.5. The van der Waals surface area contributed by atoms with Crippen LogP contribution in [0.25, 0.3) is 11.2 Å². The minimum absolute atomic E-state index is 0.145. The van der Waals surface area contributed by atoms with Crippen LogP contribution in [0.2, 0.25) is 5.28 Å². The van der Waals surface area contributed by atoms with Crippen molar-refractivity contribution in [2.45, 2.75) is 13.1 Å². The molecule has 124 valence electrons. The highest BCUT2D eigenvalue weighted by atomic mass is 35.5. The third-order valence-electron chi connectivity index (χ3n) is 4.07. The van der Waals surface area contributed by atoms with E-state index in [1.54, 1.807) is 6.33 Å². The molecule has 4 aromatic rings. The van der Waals surface area contributed by atoms with Crippen molar-refractivity contribution in [1.82, 2.24) is 19.1 Å². The van der Waals surface area contributed by atoms with Crippen molar-refractivity contribution in [2.24, 2.45) is 0 Å². The van der Waals surface area contributed by atoms with Gasteiger partial charge in [0.1, 0.15) is 0 Å². The van der Waals surface area contributed by atoms with E-state index in [0.29, 0.717) is 24.3 Å². The lowest BCUT2D eigenvalue weighted by molar-refractivity contribution is 0.736. The second kappa shape index (κ2) is 6.53. The highest BCUT2D eigenvalue weighted by molar-refractivity contribution is 6.28. The summed E-state index contributed by atoms with van der Waals surface area (Å²) in [5.41, 5.74) is 2.72. The van der Waals surface area contributed by atoms with E-state index >= 15 is 0 Å². The molecule has 0 saturated heterocycles. The first kappa shape index (κ1) is 15.6.